The number of hydrogen-bond donors (Lipinski definition) is 4. The van der Waals surface area contributed by atoms with Crippen molar-refractivity contribution in [2.75, 3.05) is 10.6 Å². The van der Waals surface area contributed by atoms with Crippen LogP contribution in [0.15, 0.2) is 42.6 Å². The molecule has 2 atom stereocenters. The normalized spacial score (nSPS) is 19.1. The third-order valence-electron chi connectivity index (χ3n) is 5.25. The van der Waals surface area contributed by atoms with Gasteiger partial charge in [0.15, 0.2) is 0 Å². The highest BCUT2D eigenvalue weighted by atomic mass is 19.1. The van der Waals surface area contributed by atoms with Gasteiger partial charge in [-0.3, -0.25) is 4.79 Å². The number of nitrogens with zero attached hydrogens (tertiary/aromatic N) is 2. The van der Waals surface area contributed by atoms with Crippen molar-refractivity contribution in [3.8, 4) is 0 Å². The molecule has 1 heterocycles. The zero-order chi connectivity index (χ0) is 20.4. The molecule has 4 rings (SSSR count). The van der Waals surface area contributed by atoms with Gasteiger partial charge in [-0.1, -0.05) is 25.0 Å². The standard InChI is InChI=1S/C21H23FN6O/c22-14-7-5-13-10-15(8-6-12(13)9-14)26-20-16(19(24)29)11-25-21(28-20)27-18-4-2-1-3-17(18)23/h5-11,17-18H,1-4,23H2,(H2,24,29)(H2,25,26,27,28)/t17-,18+/m0/s1. The average Bonchev–Trinajstić information content (AvgIpc) is 2.70. The molecule has 2 aromatic carbocycles. The lowest BCUT2D eigenvalue weighted by atomic mass is 9.91. The number of nitrogens with two attached hydrogens (primary N) is 2. The second-order valence-corrected chi connectivity index (χ2v) is 7.35. The molecule has 8 heteroatoms. The lowest BCUT2D eigenvalue weighted by Gasteiger charge is -2.29. The molecule has 150 valence electrons. The van der Waals surface area contributed by atoms with E-state index in [0.29, 0.717) is 17.5 Å². The zero-order valence-electron chi connectivity index (χ0n) is 15.9. The van der Waals surface area contributed by atoms with Gasteiger partial charge >= 0.3 is 0 Å². The lowest BCUT2D eigenvalue weighted by molar-refractivity contribution is 0.100. The predicted octanol–water partition coefficient (Wildman–Crippen LogP) is 3.29. The van der Waals surface area contributed by atoms with Crippen LogP contribution in [0.25, 0.3) is 10.8 Å². The zero-order valence-corrected chi connectivity index (χ0v) is 15.9. The van der Waals surface area contributed by atoms with E-state index >= 15 is 0 Å². The highest BCUT2D eigenvalue weighted by Gasteiger charge is 2.23. The van der Waals surface area contributed by atoms with E-state index in [1.807, 2.05) is 6.07 Å². The van der Waals surface area contributed by atoms with Gasteiger partial charge in [-0.15, -0.1) is 0 Å². The van der Waals surface area contributed by atoms with E-state index in [9.17, 15) is 9.18 Å². The fourth-order valence-corrected chi connectivity index (χ4v) is 3.66. The van der Waals surface area contributed by atoms with E-state index in [0.717, 1.165) is 36.5 Å². The predicted molar refractivity (Wildman–Crippen MR) is 112 cm³/mol. The Morgan fingerprint density at radius 2 is 1.86 bits per heavy atom. The van der Waals surface area contributed by atoms with Gasteiger partial charge < -0.3 is 22.1 Å². The monoisotopic (exact) mass is 394 g/mol. The van der Waals surface area contributed by atoms with Gasteiger partial charge in [-0.05, 0) is 47.9 Å². The second-order valence-electron chi connectivity index (χ2n) is 7.35. The molecule has 0 radical (unpaired) electrons. The molecule has 0 spiro atoms. The van der Waals surface area contributed by atoms with Crippen LogP contribution in [0.1, 0.15) is 36.0 Å². The van der Waals surface area contributed by atoms with Crippen LogP contribution in [0.5, 0.6) is 0 Å². The van der Waals surface area contributed by atoms with Gasteiger partial charge in [-0.25, -0.2) is 9.37 Å². The first kappa shape index (κ1) is 19.1. The first-order valence-electron chi connectivity index (χ1n) is 9.65. The lowest BCUT2D eigenvalue weighted by Crippen LogP contribution is -2.43. The fraction of sp³-hybridized carbons (Fsp3) is 0.286. The van der Waals surface area contributed by atoms with Crippen LogP contribution in [-0.2, 0) is 0 Å². The van der Waals surface area contributed by atoms with Crippen molar-refractivity contribution in [2.24, 2.45) is 11.5 Å². The fourth-order valence-electron chi connectivity index (χ4n) is 3.66. The summed E-state index contributed by atoms with van der Waals surface area (Å²) in [4.78, 5) is 20.5. The van der Waals surface area contributed by atoms with Crippen molar-refractivity contribution in [2.45, 2.75) is 37.8 Å². The number of amides is 1. The van der Waals surface area contributed by atoms with Gasteiger partial charge in [0.25, 0.3) is 5.91 Å². The van der Waals surface area contributed by atoms with Crippen LogP contribution in [-0.4, -0.2) is 28.0 Å². The summed E-state index contributed by atoms with van der Waals surface area (Å²) in [5.41, 5.74) is 12.6. The molecule has 0 saturated heterocycles. The highest BCUT2D eigenvalue weighted by Crippen LogP contribution is 2.25. The maximum absolute atomic E-state index is 13.4. The van der Waals surface area contributed by atoms with Crippen LogP contribution in [0.4, 0.5) is 21.8 Å². The summed E-state index contributed by atoms with van der Waals surface area (Å²) < 4.78 is 13.4. The van der Waals surface area contributed by atoms with Gasteiger partial charge in [0, 0.05) is 24.0 Å². The first-order valence-corrected chi connectivity index (χ1v) is 9.65. The number of anilines is 3. The Balaban J connectivity index is 1.62. The van der Waals surface area contributed by atoms with Crippen molar-refractivity contribution < 1.29 is 9.18 Å². The molecule has 0 bridgehead atoms. The minimum absolute atomic E-state index is 0.0421. The summed E-state index contributed by atoms with van der Waals surface area (Å²) in [5, 5.41) is 8.05. The number of hydrogen-bond acceptors (Lipinski definition) is 6. The number of aromatic nitrogens is 2. The number of fused-ring (bicyclic) bond motifs is 1. The molecule has 1 saturated carbocycles. The number of nitrogens with one attached hydrogen (secondary N) is 2. The Labute approximate surface area is 167 Å². The molecule has 3 aromatic rings. The summed E-state index contributed by atoms with van der Waals surface area (Å²) >= 11 is 0. The number of carbonyl (C=O) groups is 1. The highest BCUT2D eigenvalue weighted by molar-refractivity contribution is 5.98. The Kier molecular flexibility index (Phi) is 5.26. The average molecular weight is 394 g/mol. The quantitative estimate of drug-likeness (QED) is 0.527. The SMILES string of the molecule is NC(=O)c1cnc(N[C@@H]2CCCC[C@@H]2N)nc1Nc1ccc2cc(F)ccc2c1. The van der Waals surface area contributed by atoms with Gasteiger partial charge in [0.2, 0.25) is 5.95 Å². The molecule has 1 aromatic heterocycles. The van der Waals surface area contributed by atoms with Crippen LogP contribution in [0, 0.1) is 5.82 Å². The van der Waals surface area contributed by atoms with Crippen molar-refractivity contribution in [1.29, 1.82) is 0 Å². The van der Waals surface area contributed by atoms with Crippen LogP contribution < -0.4 is 22.1 Å². The summed E-state index contributed by atoms with van der Waals surface area (Å²) in [7, 11) is 0. The molecule has 1 amide bonds. The molecular weight excluding hydrogens is 371 g/mol. The van der Waals surface area contributed by atoms with E-state index in [4.69, 9.17) is 11.5 Å². The van der Waals surface area contributed by atoms with Crippen molar-refractivity contribution in [3.05, 3.63) is 54.0 Å². The summed E-state index contributed by atoms with van der Waals surface area (Å²) in [6, 6.07) is 10.1. The third kappa shape index (κ3) is 4.27. The minimum atomic E-state index is -0.628. The second kappa shape index (κ2) is 8.00. The summed E-state index contributed by atoms with van der Waals surface area (Å²) in [6.45, 7) is 0. The third-order valence-corrected chi connectivity index (χ3v) is 5.25. The summed E-state index contributed by atoms with van der Waals surface area (Å²) in [6.07, 6.45) is 5.55. The van der Waals surface area contributed by atoms with Crippen molar-refractivity contribution in [1.82, 2.24) is 9.97 Å². The van der Waals surface area contributed by atoms with E-state index in [1.165, 1.54) is 18.3 Å². The largest absolute Gasteiger partial charge is 0.365 e. The van der Waals surface area contributed by atoms with E-state index in [-0.39, 0.29) is 23.5 Å². The molecule has 1 aliphatic carbocycles. The molecule has 29 heavy (non-hydrogen) atoms. The Morgan fingerprint density at radius 3 is 2.66 bits per heavy atom. The molecule has 1 aliphatic rings. The summed E-state index contributed by atoms with van der Waals surface area (Å²) in [5.74, 6) is -0.221. The van der Waals surface area contributed by atoms with Crippen molar-refractivity contribution >= 4 is 34.1 Å². The Morgan fingerprint density at radius 1 is 1.10 bits per heavy atom. The smallest absolute Gasteiger partial charge is 0.254 e. The molecule has 1 fully saturated rings. The maximum atomic E-state index is 13.4. The van der Waals surface area contributed by atoms with Crippen LogP contribution in [0.2, 0.25) is 0 Å². The topological polar surface area (TPSA) is 119 Å². The number of primary amides is 1. The number of rotatable bonds is 5. The number of halogens is 1. The van der Waals surface area contributed by atoms with E-state index in [2.05, 4.69) is 20.6 Å². The van der Waals surface area contributed by atoms with Crippen LogP contribution >= 0.6 is 0 Å². The molecule has 7 nitrogen and oxygen atoms in total. The molecule has 0 aliphatic heterocycles. The first-order chi connectivity index (χ1) is 14.0. The molecule has 0 unspecified atom stereocenters. The van der Waals surface area contributed by atoms with Gasteiger partial charge in [-0.2, -0.15) is 4.98 Å². The maximum Gasteiger partial charge on any atom is 0.254 e. The Bertz CT molecular complexity index is 1060. The number of benzene rings is 2. The molecular formula is C21H23FN6O. The van der Waals surface area contributed by atoms with Gasteiger partial charge in [0.1, 0.15) is 17.2 Å². The van der Waals surface area contributed by atoms with Crippen molar-refractivity contribution in [3.63, 3.8) is 0 Å². The van der Waals surface area contributed by atoms with Crippen LogP contribution in [0.3, 0.4) is 0 Å². The van der Waals surface area contributed by atoms with E-state index < -0.39 is 5.91 Å². The number of carbonyl (C=O) groups excluding carboxylic acids is 1. The minimum Gasteiger partial charge on any atom is -0.365 e. The Hall–Kier alpha value is -3.26. The van der Waals surface area contributed by atoms with E-state index in [1.54, 1.807) is 18.2 Å². The van der Waals surface area contributed by atoms with Gasteiger partial charge in [0.05, 0.1) is 0 Å². The molecule has 6 N–H and O–H groups in total.